The molecule has 2 aliphatic rings. The number of H-pyrrole nitrogens is 1. The molecule has 3 heterocycles. The maximum atomic E-state index is 12.9. The van der Waals surface area contributed by atoms with Crippen LogP contribution in [-0.4, -0.2) is 46.2 Å². The number of benzene rings is 3. The van der Waals surface area contributed by atoms with Crippen LogP contribution in [0.2, 0.25) is 0 Å². The molecule has 0 saturated carbocycles. The Bertz CT molecular complexity index is 1600. The lowest BCUT2D eigenvalue weighted by Crippen LogP contribution is -2.39. The van der Waals surface area contributed by atoms with E-state index in [1.807, 2.05) is 6.07 Å². The van der Waals surface area contributed by atoms with Gasteiger partial charge in [-0.15, -0.1) is 0 Å². The minimum Gasteiger partial charge on any atom is -0.493 e. The van der Waals surface area contributed by atoms with Gasteiger partial charge < -0.3 is 23.4 Å². The molecule has 0 saturated heterocycles. The van der Waals surface area contributed by atoms with E-state index < -0.39 is 10.1 Å². The molecule has 2 aliphatic heterocycles. The van der Waals surface area contributed by atoms with Crippen molar-refractivity contribution in [2.45, 2.75) is 30.3 Å². The zero-order valence-electron chi connectivity index (χ0n) is 20.9. The summed E-state index contributed by atoms with van der Waals surface area (Å²) in [5.41, 5.74) is 5.68. The minimum absolute atomic E-state index is 0.0885. The zero-order valence-corrected chi connectivity index (χ0v) is 21.7. The third-order valence-corrected chi connectivity index (χ3v) is 8.63. The maximum absolute atomic E-state index is 12.9. The Morgan fingerprint density at radius 1 is 0.892 bits per heavy atom. The molecule has 0 radical (unpaired) electrons. The van der Waals surface area contributed by atoms with Crippen LogP contribution in [0.25, 0.3) is 10.9 Å². The van der Waals surface area contributed by atoms with Crippen molar-refractivity contribution in [3.63, 3.8) is 0 Å². The summed E-state index contributed by atoms with van der Waals surface area (Å²) in [6, 6.07) is 16.1. The lowest BCUT2D eigenvalue weighted by molar-refractivity contribution is 0.159. The van der Waals surface area contributed by atoms with Crippen molar-refractivity contribution in [1.82, 2.24) is 9.88 Å². The number of aromatic amines is 1. The van der Waals surface area contributed by atoms with Crippen LogP contribution >= 0.6 is 0 Å². The highest BCUT2D eigenvalue weighted by atomic mass is 32.2. The predicted octanol–water partition coefficient (Wildman–Crippen LogP) is 4.62. The fourth-order valence-corrected chi connectivity index (χ4v) is 6.52. The molecule has 0 spiro atoms. The Labute approximate surface area is 215 Å². The topological polar surface area (TPSA) is 90.1 Å². The Morgan fingerprint density at radius 3 is 2.32 bits per heavy atom. The first kappa shape index (κ1) is 23.7. The molecule has 3 aromatic carbocycles. The van der Waals surface area contributed by atoms with Crippen LogP contribution in [0, 0.1) is 0 Å². The summed E-state index contributed by atoms with van der Waals surface area (Å²) in [7, 11) is 0.832. The zero-order chi connectivity index (χ0) is 25.7. The van der Waals surface area contributed by atoms with E-state index in [1.54, 1.807) is 38.5 Å². The Morgan fingerprint density at radius 2 is 1.59 bits per heavy atom. The number of nitrogens with zero attached hydrogens (tertiary/aromatic N) is 1. The second kappa shape index (κ2) is 9.00. The van der Waals surface area contributed by atoms with E-state index >= 15 is 0 Å². The molecule has 4 aromatic rings. The van der Waals surface area contributed by atoms with Gasteiger partial charge in [0.25, 0.3) is 0 Å². The quantitative estimate of drug-likeness (QED) is 0.371. The highest BCUT2D eigenvalue weighted by molar-refractivity contribution is 7.87. The first-order valence-electron chi connectivity index (χ1n) is 12.1. The number of ether oxygens (including phenoxy) is 3. The van der Waals surface area contributed by atoms with Gasteiger partial charge in [0.1, 0.15) is 4.90 Å². The normalized spacial score (nSPS) is 17.0. The predicted molar refractivity (Wildman–Crippen MR) is 139 cm³/mol. The largest absolute Gasteiger partial charge is 0.493 e. The fraction of sp³-hybridized carbons (Fsp3) is 0.286. The third kappa shape index (κ3) is 3.98. The van der Waals surface area contributed by atoms with Crippen molar-refractivity contribution in [3.8, 4) is 23.0 Å². The molecule has 1 atom stereocenters. The molecule has 0 fully saturated rings. The molecule has 37 heavy (non-hydrogen) atoms. The van der Waals surface area contributed by atoms with Gasteiger partial charge >= 0.3 is 10.1 Å². The van der Waals surface area contributed by atoms with Crippen molar-refractivity contribution in [3.05, 3.63) is 77.0 Å². The summed E-state index contributed by atoms with van der Waals surface area (Å²) in [4.78, 5) is 6.08. The van der Waals surface area contributed by atoms with Gasteiger partial charge in [-0.2, -0.15) is 8.42 Å². The number of hydrogen-bond acceptors (Lipinski definition) is 7. The van der Waals surface area contributed by atoms with Gasteiger partial charge in [0, 0.05) is 41.8 Å². The van der Waals surface area contributed by atoms with Gasteiger partial charge in [-0.05, 0) is 59.9 Å². The van der Waals surface area contributed by atoms with E-state index in [-0.39, 0.29) is 16.7 Å². The van der Waals surface area contributed by atoms with Gasteiger partial charge in [0.15, 0.2) is 23.0 Å². The van der Waals surface area contributed by atoms with E-state index in [9.17, 15) is 8.42 Å². The van der Waals surface area contributed by atoms with Gasteiger partial charge in [-0.3, -0.25) is 4.90 Å². The van der Waals surface area contributed by atoms with Crippen LogP contribution in [0.3, 0.4) is 0 Å². The van der Waals surface area contributed by atoms with E-state index in [0.29, 0.717) is 5.75 Å². The number of hydrogen-bond donors (Lipinski definition) is 1. The van der Waals surface area contributed by atoms with Crippen molar-refractivity contribution < 1.29 is 26.8 Å². The first-order chi connectivity index (χ1) is 17.9. The van der Waals surface area contributed by atoms with E-state index in [1.165, 1.54) is 35.9 Å². The van der Waals surface area contributed by atoms with Crippen LogP contribution in [0.4, 0.5) is 0 Å². The van der Waals surface area contributed by atoms with Crippen LogP contribution in [0.1, 0.15) is 28.4 Å². The van der Waals surface area contributed by atoms with Crippen molar-refractivity contribution >= 4 is 21.0 Å². The standard InChI is InChI=1S/C28H28N2O6S/c1-33-25-11-17-9-10-30-16-23-20(12-24(30)19(17)13-26(25)34-2)21-14-27(35-3)28(15-22(21)29-23)36-37(31,32)18-7-5-4-6-8-18/h4-8,11,13-15,24,29H,9-10,12,16H2,1-3H3. The van der Waals surface area contributed by atoms with E-state index in [2.05, 4.69) is 22.0 Å². The monoisotopic (exact) mass is 520 g/mol. The van der Waals surface area contributed by atoms with Crippen molar-refractivity contribution in [2.75, 3.05) is 27.9 Å². The number of rotatable bonds is 6. The molecule has 9 heteroatoms. The van der Waals surface area contributed by atoms with E-state index in [4.69, 9.17) is 18.4 Å². The third-order valence-electron chi connectivity index (χ3n) is 7.38. The smallest absolute Gasteiger partial charge is 0.339 e. The van der Waals surface area contributed by atoms with Crippen LogP contribution in [0.15, 0.2) is 59.5 Å². The van der Waals surface area contributed by atoms with Gasteiger partial charge in [0.05, 0.1) is 21.3 Å². The summed E-state index contributed by atoms with van der Waals surface area (Å²) < 4.78 is 48.0. The molecule has 1 aromatic heterocycles. The fourth-order valence-electron chi connectivity index (χ4n) is 5.56. The van der Waals surface area contributed by atoms with Crippen LogP contribution in [0.5, 0.6) is 23.0 Å². The molecule has 8 nitrogen and oxygen atoms in total. The molecule has 1 unspecified atom stereocenters. The maximum Gasteiger partial charge on any atom is 0.339 e. The summed E-state index contributed by atoms with van der Waals surface area (Å²) in [5, 5.41) is 1.00. The molecule has 6 rings (SSSR count). The molecular formula is C28H28N2O6S. The summed E-state index contributed by atoms with van der Waals surface area (Å²) >= 11 is 0. The van der Waals surface area contributed by atoms with Crippen molar-refractivity contribution in [1.29, 1.82) is 0 Å². The summed E-state index contributed by atoms with van der Waals surface area (Å²) in [6.07, 6.45) is 1.74. The van der Waals surface area contributed by atoms with Crippen molar-refractivity contribution in [2.24, 2.45) is 0 Å². The second-order valence-corrected chi connectivity index (χ2v) is 10.9. The Balaban J connectivity index is 1.39. The molecular weight excluding hydrogens is 492 g/mol. The lowest BCUT2D eigenvalue weighted by Gasteiger charge is -2.40. The van der Waals surface area contributed by atoms with E-state index in [0.717, 1.165) is 54.0 Å². The Kier molecular flexibility index (Phi) is 5.77. The van der Waals surface area contributed by atoms with Crippen LogP contribution < -0.4 is 18.4 Å². The first-order valence-corrected chi connectivity index (χ1v) is 13.5. The minimum atomic E-state index is -4.00. The number of fused-ring (bicyclic) bond motifs is 6. The highest BCUT2D eigenvalue weighted by Crippen LogP contribution is 2.45. The molecule has 0 aliphatic carbocycles. The molecule has 192 valence electrons. The summed E-state index contributed by atoms with van der Waals surface area (Å²) in [6.45, 7) is 1.71. The summed E-state index contributed by atoms with van der Waals surface area (Å²) in [5.74, 6) is 2.00. The molecule has 0 bridgehead atoms. The Hall–Kier alpha value is -3.69. The number of nitrogens with one attached hydrogen (secondary N) is 1. The second-order valence-electron chi connectivity index (χ2n) is 9.33. The number of aromatic nitrogens is 1. The number of methoxy groups -OCH3 is 3. The average Bonchev–Trinajstić information content (AvgIpc) is 3.26. The van der Waals surface area contributed by atoms with Crippen LogP contribution in [-0.2, 0) is 29.5 Å². The molecule has 1 N–H and O–H groups in total. The van der Waals surface area contributed by atoms with Gasteiger partial charge in [0.2, 0.25) is 0 Å². The van der Waals surface area contributed by atoms with Gasteiger partial charge in [-0.25, -0.2) is 0 Å². The average molecular weight is 521 g/mol. The molecule has 0 amide bonds. The highest BCUT2D eigenvalue weighted by Gasteiger charge is 2.35. The lowest BCUT2D eigenvalue weighted by atomic mass is 9.85. The SMILES string of the molecule is COc1cc2c(cc1OC)C1Cc3c([nH]c4cc(OS(=O)(=O)c5ccccc5)c(OC)cc34)CN1CC2. The van der Waals surface area contributed by atoms with Gasteiger partial charge in [-0.1, -0.05) is 18.2 Å².